The Hall–Kier alpha value is -2.54. The smallest absolute Gasteiger partial charge is 0.315 e. The first kappa shape index (κ1) is 18.8. The first-order valence-corrected chi connectivity index (χ1v) is 9.54. The van der Waals surface area contributed by atoms with Crippen molar-refractivity contribution in [2.45, 2.75) is 44.2 Å². The molecule has 1 aromatic heterocycles. The van der Waals surface area contributed by atoms with Crippen molar-refractivity contribution in [3.8, 4) is 11.4 Å². The number of aromatic nitrogens is 2. The van der Waals surface area contributed by atoms with Crippen molar-refractivity contribution in [1.82, 2.24) is 14.9 Å². The quantitative estimate of drug-likeness (QED) is 0.877. The number of nitrogens with two attached hydrogens (primary N) is 1. The van der Waals surface area contributed by atoms with Crippen LogP contribution in [0, 0.1) is 18.7 Å². The number of amides is 2. The fourth-order valence-electron chi connectivity index (χ4n) is 5.48. The van der Waals surface area contributed by atoms with Gasteiger partial charge in [0.1, 0.15) is 5.82 Å². The molecular weight excluding hydrogens is 359 g/mol. The number of piperidine rings is 1. The molecule has 3 fully saturated rings. The highest BCUT2D eigenvalue weighted by Gasteiger charge is 2.63. The average molecular weight is 384 g/mol. The van der Waals surface area contributed by atoms with Crippen LogP contribution in [0.2, 0.25) is 0 Å². The molecule has 1 aliphatic carbocycles. The number of nitrogens with zero attached hydrogens (tertiary/aromatic N) is 3. The van der Waals surface area contributed by atoms with Gasteiger partial charge in [0, 0.05) is 37.0 Å². The predicted octanol–water partition coefficient (Wildman–Crippen LogP) is 3.25. The van der Waals surface area contributed by atoms with Gasteiger partial charge in [0.05, 0.1) is 12.1 Å². The maximum absolute atomic E-state index is 15.2. The third-order valence-corrected chi connectivity index (χ3v) is 6.34. The number of fused-ring (bicyclic) bond motifs is 2. The van der Waals surface area contributed by atoms with Crippen LogP contribution in [0.25, 0.3) is 11.4 Å². The number of carbonyl (C=O) groups is 1. The van der Waals surface area contributed by atoms with Crippen molar-refractivity contribution in [2.75, 3.05) is 13.7 Å². The van der Waals surface area contributed by atoms with Gasteiger partial charge in [-0.25, -0.2) is 19.2 Å². The minimum Gasteiger partial charge on any atom is -0.382 e. The summed E-state index contributed by atoms with van der Waals surface area (Å²) in [4.78, 5) is 22.5. The summed E-state index contributed by atoms with van der Waals surface area (Å²) < 4.78 is 20.7. The Bertz CT molecular complexity index is 903. The van der Waals surface area contributed by atoms with Gasteiger partial charge in [-0.15, -0.1) is 0 Å². The molecule has 2 bridgehead atoms. The summed E-state index contributed by atoms with van der Waals surface area (Å²) in [5.41, 5.74) is 7.21. The zero-order valence-corrected chi connectivity index (χ0v) is 16.4. The van der Waals surface area contributed by atoms with Crippen LogP contribution in [0.1, 0.15) is 36.8 Å². The van der Waals surface area contributed by atoms with E-state index in [1.807, 2.05) is 13.0 Å². The van der Waals surface area contributed by atoms with Gasteiger partial charge in [0.25, 0.3) is 0 Å². The number of ether oxygens (including phenoxy) is 1. The summed E-state index contributed by atoms with van der Waals surface area (Å²) in [6.07, 6.45) is 4.91. The third kappa shape index (κ3) is 2.68. The topological polar surface area (TPSA) is 81.3 Å². The van der Waals surface area contributed by atoms with Crippen molar-refractivity contribution in [3.05, 3.63) is 47.5 Å². The van der Waals surface area contributed by atoms with E-state index in [9.17, 15) is 4.79 Å². The van der Waals surface area contributed by atoms with Crippen molar-refractivity contribution in [2.24, 2.45) is 11.7 Å². The Morgan fingerprint density at radius 1 is 1.39 bits per heavy atom. The lowest BCUT2D eigenvalue weighted by Gasteiger charge is -2.66. The van der Waals surface area contributed by atoms with E-state index >= 15 is 4.39 Å². The molecule has 148 valence electrons. The van der Waals surface area contributed by atoms with Gasteiger partial charge in [0.15, 0.2) is 5.82 Å². The summed E-state index contributed by atoms with van der Waals surface area (Å²) in [5.74, 6) is 0.252. The second-order valence-corrected chi connectivity index (χ2v) is 8.05. The molecule has 4 unspecified atom stereocenters. The molecule has 5 rings (SSSR count). The lowest BCUT2D eigenvalue weighted by atomic mass is 9.56. The molecule has 2 N–H and O–H groups in total. The van der Waals surface area contributed by atoms with Crippen LogP contribution in [-0.4, -0.2) is 46.2 Å². The Balaban J connectivity index is 1.85. The number of rotatable bonds is 4. The molecule has 1 aromatic carbocycles. The Morgan fingerprint density at radius 2 is 2.11 bits per heavy atom. The number of methoxy groups -OCH3 is 1. The van der Waals surface area contributed by atoms with Crippen LogP contribution >= 0.6 is 0 Å². The summed E-state index contributed by atoms with van der Waals surface area (Å²) in [5, 5.41) is 0. The number of primary amides is 1. The summed E-state index contributed by atoms with van der Waals surface area (Å²) in [6.45, 7) is 4.28. The number of aryl methyl sites for hydroxylation is 1. The standard InChI is InChI=1S/C21H25FN4O2/c1-12-8-17(22)16(9-15(12)19-24-5-4-6-25-19)18-13(2)7-14-10-21(18,11-28-3)26(14)20(23)27/h4-6,8-9,13-14,18H,7,10-11H2,1-3H3,(H2,23,27). The normalized spacial score (nSPS) is 28.7. The Kier molecular flexibility index (Phi) is 4.57. The highest BCUT2D eigenvalue weighted by atomic mass is 19.1. The van der Waals surface area contributed by atoms with Crippen LogP contribution in [-0.2, 0) is 4.74 Å². The SMILES string of the molecule is COCC12CC(CC(C)C1c1cc(-c3ncccn3)c(C)cc1F)N2C(N)=O. The average Bonchev–Trinajstić information content (AvgIpc) is 2.62. The van der Waals surface area contributed by atoms with Gasteiger partial charge in [-0.1, -0.05) is 6.92 Å². The zero-order valence-electron chi connectivity index (χ0n) is 16.4. The van der Waals surface area contributed by atoms with E-state index in [-0.39, 0.29) is 23.7 Å². The molecule has 3 aliphatic rings. The van der Waals surface area contributed by atoms with Gasteiger partial charge < -0.3 is 15.4 Å². The number of hydrogen-bond donors (Lipinski definition) is 1. The lowest BCUT2D eigenvalue weighted by molar-refractivity contribution is -0.140. The third-order valence-electron chi connectivity index (χ3n) is 6.34. The van der Waals surface area contributed by atoms with Crippen LogP contribution in [0.15, 0.2) is 30.6 Å². The van der Waals surface area contributed by atoms with Gasteiger partial charge in [-0.05, 0) is 55.0 Å². The van der Waals surface area contributed by atoms with Crippen molar-refractivity contribution >= 4 is 6.03 Å². The van der Waals surface area contributed by atoms with E-state index in [0.29, 0.717) is 18.0 Å². The van der Waals surface area contributed by atoms with Gasteiger partial charge >= 0.3 is 6.03 Å². The van der Waals surface area contributed by atoms with E-state index < -0.39 is 11.6 Å². The van der Waals surface area contributed by atoms with Crippen LogP contribution in [0.3, 0.4) is 0 Å². The predicted molar refractivity (Wildman–Crippen MR) is 103 cm³/mol. The monoisotopic (exact) mass is 384 g/mol. The Labute approximate surface area is 163 Å². The number of halogens is 1. The Morgan fingerprint density at radius 3 is 2.75 bits per heavy atom. The molecule has 6 nitrogen and oxygen atoms in total. The zero-order chi connectivity index (χ0) is 20.1. The maximum Gasteiger partial charge on any atom is 0.315 e. The molecule has 0 spiro atoms. The van der Waals surface area contributed by atoms with Crippen LogP contribution < -0.4 is 5.73 Å². The minimum absolute atomic E-state index is 0.101. The van der Waals surface area contributed by atoms with E-state index in [1.54, 1.807) is 30.5 Å². The molecule has 2 saturated heterocycles. The number of carbonyl (C=O) groups excluding carboxylic acids is 1. The number of hydrogen-bond acceptors (Lipinski definition) is 4. The molecule has 4 atom stereocenters. The molecule has 3 heterocycles. The maximum atomic E-state index is 15.2. The van der Waals surface area contributed by atoms with Crippen LogP contribution in [0.4, 0.5) is 9.18 Å². The molecule has 2 amide bonds. The van der Waals surface area contributed by atoms with E-state index in [2.05, 4.69) is 16.9 Å². The molecule has 0 radical (unpaired) electrons. The summed E-state index contributed by atoms with van der Waals surface area (Å²) in [6, 6.07) is 4.76. The molecule has 28 heavy (non-hydrogen) atoms. The fraction of sp³-hybridized carbons (Fsp3) is 0.476. The van der Waals surface area contributed by atoms with Gasteiger partial charge in [-0.3, -0.25) is 0 Å². The van der Waals surface area contributed by atoms with Crippen LogP contribution in [0.5, 0.6) is 0 Å². The highest BCUT2D eigenvalue weighted by molar-refractivity contribution is 5.76. The lowest BCUT2D eigenvalue weighted by Crippen LogP contribution is -2.77. The number of benzene rings is 1. The fourth-order valence-corrected chi connectivity index (χ4v) is 5.48. The van der Waals surface area contributed by atoms with Crippen molar-refractivity contribution in [1.29, 1.82) is 0 Å². The second kappa shape index (κ2) is 6.81. The molecular formula is C21H25FN4O2. The number of urea groups is 1. The van der Waals surface area contributed by atoms with E-state index in [4.69, 9.17) is 10.5 Å². The first-order valence-electron chi connectivity index (χ1n) is 9.54. The molecule has 2 aromatic rings. The highest BCUT2D eigenvalue weighted by Crippen LogP contribution is 2.58. The van der Waals surface area contributed by atoms with Gasteiger partial charge in [0.2, 0.25) is 0 Å². The summed E-state index contributed by atoms with van der Waals surface area (Å²) in [7, 11) is 1.60. The largest absolute Gasteiger partial charge is 0.382 e. The summed E-state index contributed by atoms with van der Waals surface area (Å²) >= 11 is 0. The van der Waals surface area contributed by atoms with Gasteiger partial charge in [-0.2, -0.15) is 0 Å². The van der Waals surface area contributed by atoms with Crippen molar-refractivity contribution in [3.63, 3.8) is 0 Å². The second-order valence-electron chi connectivity index (χ2n) is 8.05. The molecule has 2 aliphatic heterocycles. The molecule has 7 heteroatoms. The first-order chi connectivity index (χ1) is 13.4. The molecule has 1 saturated carbocycles. The van der Waals surface area contributed by atoms with E-state index in [1.165, 1.54) is 6.07 Å². The van der Waals surface area contributed by atoms with Crippen molar-refractivity contribution < 1.29 is 13.9 Å². The minimum atomic E-state index is -0.617. The van der Waals surface area contributed by atoms with E-state index in [0.717, 1.165) is 24.0 Å².